The van der Waals surface area contributed by atoms with Gasteiger partial charge >= 0.3 is 0 Å². The molecule has 19 heavy (non-hydrogen) atoms. The van der Waals surface area contributed by atoms with Crippen LogP contribution in [0, 0.1) is 5.92 Å². The second-order valence-electron chi connectivity index (χ2n) is 6.83. The summed E-state index contributed by atoms with van der Waals surface area (Å²) in [5.41, 5.74) is 1.59. The highest BCUT2D eigenvalue weighted by Gasteiger charge is 2.42. The molecule has 0 saturated heterocycles. The van der Waals surface area contributed by atoms with Crippen molar-refractivity contribution in [2.45, 2.75) is 77.3 Å². The molecule has 2 atom stereocenters. The van der Waals surface area contributed by atoms with Gasteiger partial charge in [0.25, 0.3) is 0 Å². The summed E-state index contributed by atoms with van der Waals surface area (Å²) in [6.45, 7) is 6.91. The number of nitrogens with zero attached hydrogens (tertiary/aromatic N) is 1. The lowest BCUT2D eigenvalue weighted by Crippen LogP contribution is -2.44. The predicted molar refractivity (Wildman–Crippen MR) is 81.7 cm³/mol. The average Bonchev–Trinajstić information content (AvgIpc) is 2.93. The minimum Gasteiger partial charge on any atom is -0.303 e. The lowest BCUT2D eigenvalue weighted by molar-refractivity contribution is 0.301. The minimum atomic E-state index is 0.176. The van der Waals surface area contributed by atoms with Crippen LogP contribution in [-0.2, 0) is 18.4 Å². The molecular weight excluding hydrogens is 252 g/mol. The molecule has 1 N–H and O–H groups in total. The van der Waals surface area contributed by atoms with Gasteiger partial charge in [0.05, 0.1) is 11.2 Å². The van der Waals surface area contributed by atoms with Crippen LogP contribution in [0.25, 0.3) is 0 Å². The molecule has 2 aliphatic rings. The molecule has 1 heterocycles. The van der Waals surface area contributed by atoms with Crippen molar-refractivity contribution in [2.24, 2.45) is 5.92 Å². The molecule has 2 aliphatic carbocycles. The standard InChI is InChI=1S/C16H26N2S/c1-11(2)18-16(9-8-12(3)10-16)15-17-13-6-4-5-7-14(13)19-15/h11-12,18H,4-10H2,1-3H3. The zero-order valence-corrected chi connectivity index (χ0v) is 13.3. The fourth-order valence-corrected chi connectivity index (χ4v) is 5.13. The van der Waals surface area contributed by atoms with E-state index in [-0.39, 0.29) is 5.54 Å². The van der Waals surface area contributed by atoms with E-state index in [0.717, 1.165) is 5.92 Å². The Labute approximate surface area is 121 Å². The second kappa shape index (κ2) is 5.17. The average molecular weight is 278 g/mol. The van der Waals surface area contributed by atoms with Crippen molar-refractivity contribution in [3.8, 4) is 0 Å². The predicted octanol–water partition coefficient (Wildman–Crippen LogP) is 4.04. The van der Waals surface area contributed by atoms with Crippen molar-refractivity contribution >= 4 is 11.3 Å². The minimum absolute atomic E-state index is 0.176. The molecule has 0 aliphatic heterocycles. The van der Waals surface area contributed by atoms with Crippen molar-refractivity contribution in [1.29, 1.82) is 0 Å². The van der Waals surface area contributed by atoms with Gasteiger partial charge in [-0.1, -0.05) is 6.92 Å². The first kappa shape index (κ1) is 13.6. The number of aromatic nitrogens is 1. The molecule has 1 aromatic heterocycles. The van der Waals surface area contributed by atoms with E-state index in [9.17, 15) is 0 Å². The highest BCUT2D eigenvalue weighted by Crippen LogP contribution is 2.45. The van der Waals surface area contributed by atoms with Gasteiger partial charge in [-0.3, -0.25) is 0 Å². The zero-order chi connectivity index (χ0) is 13.5. The molecule has 1 fully saturated rings. The van der Waals surface area contributed by atoms with Crippen LogP contribution in [0.5, 0.6) is 0 Å². The fraction of sp³-hybridized carbons (Fsp3) is 0.812. The summed E-state index contributed by atoms with van der Waals surface area (Å²) >= 11 is 2.00. The van der Waals surface area contributed by atoms with Gasteiger partial charge in [-0.05, 0) is 64.7 Å². The van der Waals surface area contributed by atoms with Gasteiger partial charge in [-0.2, -0.15) is 0 Å². The largest absolute Gasteiger partial charge is 0.303 e. The Morgan fingerprint density at radius 2 is 2.11 bits per heavy atom. The van der Waals surface area contributed by atoms with E-state index in [2.05, 4.69) is 26.1 Å². The Bertz CT molecular complexity index is 428. The highest BCUT2D eigenvalue weighted by molar-refractivity contribution is 7.11. The molecule has 0 radical (unpaired) electrons. The molecule has 0 amide bonds. The maximum atomic E-state index is 5.05. The lowest BCUT2D eigenvalue weighted by Gasteiger charge is -2.31. The maximum absolute atomic E-state index is 5.05. The van der Waals surface area contributed by atoms with E-state index in [1.165, 1.54) is 55.6 Å². The molecule has 106 valence electrons. The number of thiazole rings is 1. The van der Waals surface area contributed by atoms with E-state index in [0.29, 0.717) is 6.04 Å². The molecular formula is C16H26N2S. The second-order valence-corrected chi connectivity index (χ2v) is 7.91. The summed E-state index contributed by atoms with van der Waals surface area (Å²) < 4.78 is 0. The van der Waals surface area contributed by atoms with E-state index >= 15 is 0 Å². The van der Waals surface area contributed by atoms with Crippen molar-refractivity contribution in [1.82, 2.24) is 10.3 Å². The van der Waals surface area contributed by atoms with Crippen LogP contribution in [-0.4, -0.2) is 11.0 Å². The molecule has 0 bridgehead atoms. The summed E-state index contributed by atoms with van der Waals surface area (Å²) in [7, 11) is 0. The van der Waals surface area contributed by atoms with Crippen LogP contribution in [0.3, 0.4) is 0 Å². The first-order valence-electron chi connectivity index (χ1n) is 7.86. The Hall–Kier alpha value is -0.410. The van der Waals surface area contributed by atoms with Gasteiger partial charge < -0.3 is 5.32 Å². The highest BCUT2D eigenvalue weighted by atomic mass is 32.1. The van der Waals surface area contributed by atoms with Crippen molar-refractivity contribution < 1.29 is 0 Å². The Kier molecular flexibility index (Phi) is 3.69. The monoisotopic (exact) mass is 278 g/mol. The van der Waals surface area contributed by atoms with Crippen LogP contribution in [0.2, 0.25) is 0 Å². The quantitative estimate of drug-likeness (QED) is 0.902. The summed E-state index contributed by atoms with van der Waals surface area (Å²) in [5.74, 6) is 0.826. The van der Waals surface area contributed by atoms with Crippen LogP contribution in [0.4, 0.5) is 0 Å². The first-order chi connectivity index (χ1) is 9.09. The third-order valence-electron chi connectivity index (χ3n) is 4.58. The van der Waals surface area contributed by atoms with Crippen molar-refractivity contribution in [2.75, 3.05) is 0 Å². The molecule has 0 spiro atoms. The Morgan fingerprint density at radius 1 is 1.32 bits per heavy atom. The van der Waals surface area contributed by atoms with Gasteiger partial charge in [0, 0.05) is 10.9 Å². The third kappa shape index (κ3) is 2.59. The number of nitrogens with one attached hydrogen (secondary N) is 1. The number of hydrogen-bond acceptors (Lipinski definition) is 3. The van der Waals surface area contributed by atoms with E-state index < -0.39 is 0 Å². The lowest BCUT2D eigenvalue weighted by atomic mass is 9.95. The molecule has 2 unspecified atom stereocenters. The summed E-state index contributed by atoms with van der Waals surface area (Å²) in [6.07, 6.45) is 9.02. The van der Waals surface area contributed by atoms with Gasteiger partial charge in [0.15, 0.2) is 0 Å². The zero-order valence-electron chi connectivity index (χ0n) is 12.5. The molecule has 2 nitrogen and oxygen atoms in total. The maximum Gasteiger partial charge on any atom is 0.113 e. The normalized spacial score (nSPS) is 30.8. The number of rotatable bonds is 3. The molecule has 1 aromatic rings. The van der Waals surface area contributed by atoms with Gasteiger partial charge in [-0.25, -0.2) is 4.98 Å². The Morgan fingerprint density at radius 3 is 2.74 bits per heavy atom. The summed E-state index contributed by atoms with van der Waals surface area (Å²) in [5, 5.41) is 5.25. The molecule has 0 aromatic carbocycles. The third-order valence-corrected chi connectivity index (χ3v) is 5.94. The van der Waals surface area contributed by atoms with Crippen LogP contribution >= 0.6 is 11.3 Å². The SMILES string of the molecule is CC1CCC(NC(C)C)(c2nc3c(s2)CCCC3)C1. The number of aryl methyl sites for hydroxylation is 2. The van der Waals surface area contributed by atoms with Crippen LogP contribution in [0.1, 0.15) is 68.5 Å². The first-order valence-corrected chi connectivity index (χ1v) is 8.67. The molecule has 3 rings (SSSR count). The fourth-order valence-electron chi connectivity index (χ4n) is 3.79. The van der Waals surface area contributed by atoms with E-state index in [1.807, 2.05) is 11.3 Å². The van der Waals surface area contributed by atoms with Crippen molar-refractivity contribution in [3.05, 3.63) is 15.6 Å². The van der Waals surface area contributed by atoms with Gasteiger partial charge in [0.1, 0.15) is 5.01 Å². The topological polar surface area (TPSA) is 24.9 Å². The van der Waals surface area contributed by atoms with Crippen LogP contribution < -0.4 is 5.32 Å². The van der Waals surface area contributed by atoms with Crippen molar-refractivity contribution in [3.63, 3.8) is 0 Å². The smallest absolute Gasteiger partial charge is 0.113 e. The van der Waals surface area contributed by atoms with Crippen LogP contribution in [0.15, 0.2) is 0 Å². The van der Waals surface area contributed by atoms with Gasteiger partial charge in [0.2, 0.25) is 0 Å². The summed E-state index contributed by atoms with van der Waals surface area (Å²) in [6, 6.07) is 0.534. The Balaban J connectivity index is 1.93. The number of hydrogen-bond donors (Lipinski definition) is 1. The summed E-state index contributed by atoms with van der Waals surface area (Å²) in [4.78, 5) is 6.62. The van der Waals surface area contributed by atoms with Gasteiger partial charge in [-0.15, -0.1) is 11.3 Å². The molecule has 3 heteroatoms. The van der Waals surface area contributed by atoms with E-state index in [1.54, 1.807) is 4.88 Å². The number of fused-ring (bicyclic) bond motifs is 1. The van der Waals surface area contributed by atoms with E-state index in [4.69, 9.17) is 4.98 Å². The molecule has 1 saturated carbocycles.